The third kappa shape index (κ3) is 4.06. The lowest BCUT2D eigenvalue weighted by atomic mass is 9.88. The van der Waals surface area contributed by atoms with E-state index in [1.165, 1.54) is 0 Å². The van der Waals surface area contributed by atoms with E-state index >= 15 is 0 Å². The molecule has 0 rings (SSSR count). The molecule has 0 saturated carbocycles. The largest absolute Gasteiger partial charge is 0.315 e. The van der Waals surface area contributed by atoms with Crippen LogP contribution in [0.5, 0.6) is 0 Å². The van der Waals surface area contributed by atoms with Crippen LogP contribution in [0, 0.1) is 30.6 Å². The average molecular weight is 163 g/mol. The Bertz CT molecular complexity index is 202. The van der Waals surface area contributed by atoms with Crippen LogP contribution in [0.2, 0.25) is 0 Å². The quantitative estimate of drug-likeness (QED) is 0.628. The Hall–Kier alpha value is -0.920. The number of terminal acetylenes is 2. The van der Waals surface area contributed by atoms with E-state index in [9.17, 15) is 0 Å². The summed E-state index contributed by atoms with van der Waals surface area (Å²) < 4.78 is 0. The molecule has 1 nitrogen and oxygen atoms in total. The Labute approximate surface area is 75.7 Å². The molecule has 2 unspecified atom stereocenters. The van der Waals surface area contributed by atoms with Crippen molar-refractivity contribution in [2.75, 3.05) is 0 Å². The van der Waals surface area contributed by atoms with Crippen LogP contribution in [0.3, 0.4) is 0 Å². The van der Waals surface area contributed by atoms with Gasteiger partial charge in [0, 0.05) is 5.92 Å². The summed E-state index contributed by atoms with van der Waals surface area (Å²) in [7, 11) is 0. The lowest BCUT2D eigenvalue weighted by Gasteiger charge is -2.21. The summed E-state index contributed by atoms with van der Waals surface area (Å²) >= 11 is 0. The van der Waals surface area contributed by atoms with E-state index < -0.39 is 5.54 Å². The SMILES string of the molecule is C#CC(CCC)CC(C)(N)C#C. The molecular formula is C11H17N. The topological polar surface area (TPSA) is 26.0 Å². The molecule has 0 fully saturated rings. The standard InChI is InChI=1S/C11H17N/c1-5-8-10(6-2)9-11(4,12)7-3/h2-3,10H,5,8-9,12H2,1,4H3. The Balaban J connectivity index is 4.06. The van der Waals surface area contributed by atoms with E-state index in [1.807, 2.05) is 6.92 Å². The zero-order valence-corrected chi connectivity index (χ0v) is 7.93. The van der Waals surface area contributed by atoms with Gasteiger partial charge in [-0.3, -0.25) is 0 Å². The molecule has 0 amide bonds. The molecule has 12 heavy (non-hydrogen) atoms. The molecule has 0 saturated heterocycles. The first-order chi connectivity index (χ1) is 5.55. The second-order valence-electron chi connectivity index (χ2n) is 3.42. The first kappa shape index (κ1) is 11.1. The van der Waals surface area contributed by atoms with Crippen molar-refractivity contribution in [3.63, 3.8) is 0 Å². The fourth-order valence-electron chi connectivity index (χ4n) is 1.16. The Kier molecular flexibility index (Phi) is 4.49. The summed E-state index contributed by atoms with van der Waals surface area (Å²) in [5.74, 6) is 5.49. The van der Waals surface area contributed by atoms with Crippen LogP contribution in [0.25, 0.3) is 0 Å². The highest BCUT2D eigenvalue weighted by molar-refractivity contribution is 5.11. The molecule has 2 N–H and O–H groups in total. The molecule has 0 aromatic rings. The molecular weight excluding hydrogens is 146 g/mol. The van der Waals surface area contributed by atoms with Crippen LogP contribution in [0.15, 0.2) is 0 Å². The Morgan fingerprint density at radius 1 is 1.50 bits per heavy atom. The van der Waals surface area contributed by atoms with Crippen LogP contribution < -0.4 is 5.73 Å². The Morgan fingerprint density at radius 3 is 2.42 bits per heavy atom. The highest BCUT2D eigenvalue weighted by Crippen LogP contribution is 2.17. The van der Waals surface area contributed by atoms with Gasteiger partial charge in [-0.25, -0.2) is 0 Å². The minimum atomic E-state index is -0.549. The molecule has 0 aromatic carbocycles. The van der Waals surface area contributed by atoms with Crippen molar-refractivity contribution in [1.29, 1.82) is 0 Å². The van der Waals surface area contributed by atoms with Crippen molar-refractivity contribution in [2.24, 2.45) is 11.7 Å². The van der Waals surface area contributed by atoms with Gasteiger partial charge in [-0.05, 0) is 19.8 Å². The summed E-state index contributed by atoms with van der Waals surface area (Å²) in [5, 5.41) is 0. The minimum absolute atomic E-state index is 0.223. The van der Waals surface area contributed by atoms with E-state index in [0.29, 0.717) is 6.42 Å². The van der Waals surface area contributed by atoms with Crippen molar-refractivity contribution in [1.82, 2.24) is 0 Å². The van der Waals surface area contributed by atoms with E-state index in [0.717, 1.165) is 12.8 Å². The maximum absolute atomic E-state index is 5.79. The fraction of sp³-hybridized carbons (Fsp3) is 0.636. The molecule has 0 aliphatic carbocycles. The lowest BCUT2D eigenvalue weighted by Crippen LogP contribution is -2.36. The highest BCUT2D eigenvalue weighted by atomic mass is 14.7. The predicted octanol–water partition coefficient (Wildman–Crippen LogP) is 1.78. The Morgan fingerprint density at radius 2 is 2.08 bits per heavy atom. The molecule has 0 bridgehead atoms. The van der Waals surface area contributed by atoms with E-state index in [-0.39, 0.29) is 5.92 Å². The highest BCUT2D eigenvalue weighted by Gasteiger charge is 2.19. The molecule has 0 radical (unpaired) electrons. The number of rotatable bonds is 4. The third-order valence-corrected chi connectivity index (χ3v) is 1.87. The van der Waals surface area contributed by atoms with Crippen molar-refractivity contribution in [2.45, 2.75) is 38.6 Å². The van der Waals surface area contributed by atoms with Crippen molar-refractivity contribution < 1.29 is 0 Å². The summed E-state index contributed by atoms with van der Waals surface area (Å²) in [6.45, 7) is 3.95. The van der Waals surface area contributed by atoms with Gasteiger partial charge in [0.1, 0.15) is 0 Å². The third-order valence-electron chi connectivity index (χ3n) is 1.87. The van der Waals surface area contributed by atoms with Crippen molar-refractivity contribution in [3.05, 3.63) is 0 Å². The second-order valence-corrected chi connectivity index (χ2v) is 3.42. The van der Waals surface area contributed by atoms with Gasteiger partial charge in [0.15, 0.2) is 0 Å². The summed E-state index contributed by atoms with van der Waals surface area (Å²) in [6.07, 6.45) is 13.4. The number of hydrogen-bond donors (Lipinski definition) is 1. The van der Waals surface area contributed by atoms with E-state index in [4.69, 9.17) is 18.6 Å². The van der Waals surface area contributed by atoms with E-state index in [1.54, 1.807) is 0 Å². The average Bonchev–Trinajstić information content (AvgIpc) is 2.03. The van der Waals surface area contributed by atoms with Gasteiger partial charge in [0.05, 0.1) is 5.54 Å². The minimum Gasteiger partial charge on any atom is -0.315 e. The first-order valence-corrected chi connectivity index (χ1v) is 4.28. The molecule has 66 valence electrons. The van der Waals surface area contributed by atoms with Gasteiger partial charge in [0.2, 0.25) is 0 Å². The van der Waals surface area contributed by atoms with Crippen LogP contribution in [0.4, 0.5) is 0 Å². The van der Waals surface area contributed by atoms with Crippen LogP contribution >= 0.6 is 0 Å². The van der Waals surface area contributed by atoms with Gasteiger partial charge in [-0.2, -0.15) is 0 Å². The number of hydrogen-bond acceptors (Lipinski definition) is 1. The lowest BCUT2D eigenvalue weighted by molar-refractivity contribution is 0.445. The first-order valence-electron chi connectivity index (χ1n) is 4.28. The summed E-state index contributed by atoms with van der Waals surface area (Å²) in [6, 6.07) is 0. The van der Waals surface area contributed by atoms with Gasteiger partial charge < -0.3 is 5.73 Å². The smallest absolute Gasteiger partial charge is 0.0756 e. The molecule has 0 heterocycles. The van der Waals surface area contributed by atoms with E-state index in [2.05, 4.69) is 18.8 Å². The van der Waals surface area contributed by atoms with Gasteiger partial charge >= 0.3 is 0 Å². The molecule has 2 atom stereocenters. The zero-order chi connectivity index (χ0) is 9.61. The zero-order valence-electron chi connectivity index (χ0n) is 7.93. The van der Waals surface area contributed by atoms with Crippen LogP contribution in [0.1, 0.15) is 33.1 Å². The normalized spacial score (nSPS) is 17.1. The van der Waals surface area contributed by atoms with Crippen LogP contribution in [-0.4, -0.2) is 5.54 Å². The van der Waals surface area contributed by atoms with Gasteiger partial charge in [0.25, 0.3) is 0 Å². The van der Waals surface area contributed by atoms with Crippen molar-refractivity contribution >= 4 is 0 Å². The molecule has 1 heteroatoms. The van der Waals surface area contributed by atoms with Gasteiger partial charge in [-0.1, -0.05) is 19.3 Å². The fourth-order valence-corrected chi connectivity index (χ4v) is 1.16. The monoisotopic (exact) mass is 163 g/mol. The molecule has 0 aliphatic rings. The predicted molar refractivity (Wildman–Crippen MR) is 53.3 cm³/mol. The maximum atomic E-state index is 5.79. The van der Waals surface area contributed by atoms with Crippen molar-refractivity contribution in [3.8, 4) is 24.7 Å². The molecule has 0 spiro atoms. The number of nitrogens with two attached hydrogens (primary N) is 1. The molecule has 0 aromatic heterocycles. The summed E-state index contributed by atoms with van der Waals surface area (Å²) in [5.41, 5.74) is 5.24. The van der Waals surface area contributed by atoms with Crippen LogP contribution in [-0.2, 0) is 0 Å². The molecule has 0 aliphatic heterocycles. The second kappa shape index (κ2) is 4.86. The summed E-state index contributed by atoms with van der Waals surface area (Å²) in [4.78, 5) is 0. The maximum Gasteiger partial charge on any atom is 0.0756 e. The van der Waals surface area contributed by atoms with Gasteiger partial charge in [-0.15, -0.1) is 18.8 Å².